The Hall–Kier alpha value is -1.37. The van der Waals surface area contributed by atoms with E-state index < -0.39 is 0 Å². The normalized spacial score (nSPS) is 10.7. The minimum atomic E-state index is -0.336. The van der Waals surface area contributed by atoms with Crippen molar-refractivity contribution >= 4 is 51.0 Å². The molecule has 0 atom stereocenters. The molecule has 0 unspecified atom stereocenters. The zero-order valence-electron chi connectivity index (χ0n) is 10.2. The van der Waals surface area contributed by atoms with Crippen LogP contribution >= 0.6 is 38.9 Å². The van der Waals surface area contributed by atoms with Gasteiger partial charge in [-0.05, 0) is 46.3 Å². The van der Waals surface area contributed by atoms with Crippen molar-refractivity contribution in [1.82, 2.24) is 5.43 Å². The summed E-state index contributed by atoms with van der Waals surface area (Å²) in [7, 11) is 0. The lowest BCUT2D eigenvalue weighted by molar-refractivity contribution is -0.123. The van der Waals surface area contributed by atoms with E-state index in [4.69, 9.17) is 16.3 Å². The maximum atomic E-state index is 11.5. The zero-order valence-corrected chi connectivity index (χ0v) is 13.3. The lowest BCUT2D eigenvalue weighted by Gasteiger charge is -2.04. The third-order valence-electron chi connectivity index (χ3n) is 2.14. The largest absolute Gasteiger partial charge is 0.484 e. The van der Waals surface area contributed by atoms with Gasteiger partial charge in [-0.15, -0.1) is 11.3 Å². The molecule has 1 aromatic carbocycles. The average molecular weight is 374 g/mol. The van der Waals surface area contributed by atoms with E-state index in [0.717, 1.165) is 8.66 Å². The van der Waals surface area contributed by atoms with E-state index >= 15 is 0 Å². The number of thiophene rings is 1. The van der Waals surface area contributed by atoms with Gasteiger partial charge in [0.2, 0.25) is 0 Å². The van der Waals surface area contributed by atoms with Gasteiger partial charge in [0.05, 0.1) is 10.0 Å². The Labute approximate surface area is 133 Å². The Morgan fingerprint density at radius 2 is 2.30 bits per heavy atom. The van der Waals surface area contributed by atoms with Crippen molar-refractivity contribution in [2.24, 2.45) is 5.10 Å². The second kappa shape index (κ2) is 7.42. The third-order valence-corrected chi connectivity index (χ3v) is 3.93. The molecule has 7 heteroatoms. The number of carbonyl (C=O) groups excluding carboxylic acids is 1. The number of nitrogens with one attached hydrogen (secondary N) is 1. The molecule has 0 radical (unpaired) electrons. The van der Waals surface area contributed by atoms with E-state index in [1.54, 1.807) is 30.5 Å². The van der Waals surface area contributed by atoms with Crippen LogP contribution in [0.25, 0.3) is 0 Å². The van der Waals surface area contributed by atoms with Gasteiger partial charge in [-0.25, -0.2) is 5.43 Å². The van der Waals surface area contributed by atoms with Crippen LogP contribution in [0.1, 0.15) is 4.88 Å². The fourth-order valence-corrected chi connectivity index (χ4v) is 2.78. The van der Waals surface area contributed by atoms with E-state index in [9.17, 15) is 4.79 Å². The molecule has 20 heavy (non-hydrogen) atoms. The van der Waals surface area contributed by atoms with Gasteiger partial charge >= 0.3 is 0 Å². The van der Waals surface area contributed by atoms with E-state index in [-0.39, 0.29) is 12.5 Å². The third kappa shape index (κ3) is 4.96. The van der Waals surface area contributed by atoms with Crippen LogP contribution in [0.15, 0.2) is 45.3 Å². The minimum absolute atomic E-state index is 0.119. The maximum absolute atomic E-state index is 11.5. The first-order valence-electron chi connectivity index (χ1n) is 5.59. The molecule has 0 aliphatic heterocycles. The number of benzene rings is 1. The van der Waals surface area contributed by atoms with Gasteiger partial charge in [0.1, 0.15) is 5.75 Å². The van der Waals surface area contributed by atoms with Crippen LogP contribution in [-0.4, -0.2) is 18.7 Å². The van der Waals surface area contributed by atoms with Crippen LogP contribution in [0.5, 0.6) is 5.75 Å². The van der Waals surface area contributed by atoms with Gasteiger partial charge in [0, 0.05) is 9.90 Å². The first-order valence-corrected chi connectivity index (χ1v) is 7.58. The highest BCUT2D eigenvalue weighted by atomic mass is 79.9. The minimum Gasteiger partial charge on any atom is -0.484 e. The number of halogens is 2. The summed E-state index contributed by atoms with van der Waals surface area (Å²) in [5, 5.41) is 4.40. The zero-order chi connectivity index (χ0) is 14.4. The monoisotopic (exact) mass is 372 g/mol. The van der Waals surface area contributed by atoms with Crippen LogP contribution < -0.4 is 10.2 Å². The molecule has 2 rings (SSSR count). The van der Waals surface area contributed by atoms with Crippen molar-refractivity contribution in [2.45, 2.75) is 0 Å². The molecular weight excluding hydrogens is 364 g/mol. The van der Waals surface area contributed by atoms with Crippen molar-refractivity contribution in [3.05, 3.63) is 50.1 Å². The molecule has 4 nitrogen and oxygen atoms in total. The highest BCUT2D eigenvalue weighted by molar-refractivity contribution is 9.11. The highest BCUT2D eigenvalue weighted by Gasteiger charge is 2.01. The molecule has 0 spiro atoms. The van der Waals surface area contributed by atoms with Crippen LogP contribution in [0.2, 0.25) is 5.02 Å². The summed E-state index contributed by atoms with van der Waals surface area (Å²) in [5.74, 6) is 0.204. The molecule has 1 heterocycles. The number of ether oxygens (including phenoxy) is 1. The maximum Gasteiger partial charge on any atom is 0.277 e. The average Bonchev–Trinajstić information content (AvgIpc) is 2.82. The fourth-order valence-electron chi connectivity index (χ4n) is 1.30. The summed E-state index contributed by atoms with van der Waals surface area (Å²) in [4.78, 5) is 12.4. The van der Waals surface area contributed by atoms with Gasteiger partial charge in [0.15, 0.2) is 6.61 Å². The van der Waals surface area contributed by atoms with Crippen LogP contribution in [-0.2, 0) is 4.79 Å². The standard InChI is InChI=1S/C13H10BrClN2O2S/c14-12-5-4-11(20-12)7-16-17-13(18)8-19-10-3-1-2-9(15)6-10/h1-7H,8H2,(H,17,18)/b16-7+. The van der Waals surface area contributed by atoms with Crippen molar-refractivity contribution in [1.29, 1.82) is 0 Å². The number of amides is 1. The molecule has 0 aliphatic carbocycles. The summed E-state index contributed by atoms with van der Waals surface area (Å²) >= 11 is 10.7. The molecule has 0 bridgehead atoms. The van der Waals surface area contributed by atoms with Crippen LogP contribution in [0.3, 0.4) is 0 Å². The summed E-state index contributed by atoms with van der Waals surface area (Å²) in [5.41, 5.74) is 2.39. The first kappa shape index (κ1) is 15.0. The lowest BCUT2D eigenvalue weighted by atomic mass is 10.3. The summed E-state index contributed by atoms with van der Waals surface area (Å²) < 4.78 is 6.29. The van der Waals surface area contributed by atoms with E-state index in [1.165, 1.54) is 11.3 Å². The van der Waals surface area contributed by atoms with Gasteiger partial charge in [-0.1, -0.05) is 17.7 Å². The summed E-state index contributed by atoms with van der Waals surface area (Å²) in [6.07, 6.45) is 1.58. The van der Waals surface area contributed by atoms with Gasteiger partial charge in [-0.3, -0.25) is 4.79 Å². The highest BCUT2D eigenvalue weighted by Crippen LogP contribution is 2.20. The number of carbonyl (C=O) groups is 1. The van der Waals surface area contributed by atoms with E-state index in [2.05, 4.69) is 26.5 Å². The van der Waals surface area contributed by atoms with Crippen LogP contribution in [0.4, 0.5) is 0 Å². The molecule has 1 amide bonds. The van der Waals surface area contributed by atoms with Gasteiger partial charge in [0.25, 0.3) is 5.91 Å². The van der Waals surface area contributed by atoms with Crippen molar-refractivity contribution in [3.8, 4) is 5.75 Å². The molecule has 1 N–H and O–H groups in total. The second-order valence-electron chi connectivity index (χ2n) is 3.68. The number of hydrazone groups is 1. The molecule has 0 saturated heterocycles. The lowest BCUT2D eigenvalue weighted by Crippen LogP contribution is -2.24. The predicted molar refractivity (Wildman–Crippen MR) is 84.7 cm³/mol. The number of hydrogen-bond acceptors (Lipinski definition) is 4. The van der Waals surface area contributed by atoms with Crippen molar-refractivity contribution in [2.75, 3.05) is 6.61 Å². The Balaban J connectivity index is 1.77. The van der Waals surface area contributed by atoms with Crippen LogP contribution in [0, 0.1) is 0 Å². The Kier molecular flexibility index (Phi) is 5.58. The Morgan fingerprint density at radius 3 is 3.00 bits per heavy atom. The molecule has 0 fully saturated rings. The predicted octanol–water partition coefficient (Wildman–Crippen LogP) is 3.69. The first-order chi connectivity index (χ1) is 9.63. The molecular formula is C13H10BrClN2O2S. The molecule has 2 aromatic rings. The second-order valence-corrected chi connectivity index (χ2v) is 6.61. The van der Waals surface area contributed by atoms with Crippen molar-refractivity contribution in [3.63, 3.8) is 0 Å². The fraction of sp³-hybridized carbons (Fsp3) is 0.0769. The number of hydrogen-bond donors (Lipinski definition) is 1. The quantitative estimate of drug-likeness (QED) is 0.642. The van der Waals surface area contributed by atoms with Crippen molar-refractivity contribution < 1.29 is 9.53 Å². The topological polar surface area (TPSA) is 50.7 Å². The van der Waals surface area contributed by atoms with Gasteiger partial charge < -0.3 is 4.74 Å². The van der Waals surface area contributed by atoms with E-state index in [1.807, 2.05) is 12.1 Å². The Morgan fingerprint density at radius 1 is 1.45 bits per heavy atom. The Bertz CT molecular complexity index is 630. The smallest absolute Gasteiger partial charge is 0.277 e. The summed E-state index contributed by atoms with van der Waals surface area (Å²) in [6, 6.07) is 10.7. The molecule has 0 saturated carbocycles. The number of nitrogens with zero attached hydrogens (tertiary/aromatic N) is 1. The molecule has 0 aliphatic rings. The van der Waals surface area contributed by atoms with Gasteiger partial charge in [-0.2, -0.15) is 5.10 Å². The molecule has 1 aromatic heterocycles. The summed E-state index contributed by atoms with van der Waals surface area (Å²) in [6.45, 7) is -0.119. The molecule has 104 valence electrons. The number of rotatable bonds is 5. The van der Waals surface area contributed by atoms with E-state index in [0.29, 0.717) is 10.8 Å². The SMILES string of the molecule is O=C(COc1cccc(Cl)c1)N/N=C/c1ccc(Br)s1.